The van der Waals surface area contributed by atoms with Gasteiger partial charge in [-0.3, -0.25) is 0 Å². The van der Waals surface area contributed by atoms with Crippen molar-refractivity contribution in [2.24, 2.45) is 5.92 Å². The maximum atomic E-state index is 6.23. The number of halogens is 1. The van der Waals surface area contributed by atoms with Crippen LogP contribution in [0.5, 0.6) is 0 Å². The number of ether oxygens (including phenoxy) is 1. The molecule has 1 fully saturated rings. The SMILES string of the molecule is Cc1cc(C)c2c(c1)[C@H]1OCCC[C@H]1[C@@H](c1ccc(Cl)cc1)N2. The maximum Gasteiger partial charge on any atom is 0.0896 e. The van der Waals surface area contributed by atoms with E-state index in [0.717, 1.165) is 18.1 Å². The fourth-order valence-electron chi connectivity index (χ4n) is 4.15. The van der Waals surface area contributed by atoms with Crippen LogP contribution < -0.4 is 5.32 Å². The highest BCUT2D eigenvalue weighted by Crippen LogP contribution is 2.50. The van der Waals surface area contributed by atoms with Gasteiger partial charge in [-0.05, 0) is 49.9 Å². The lowest BCUT2D eigenvalue weighted by Crippen LogP contribution is -2.36. The summed E-state index contributed by atoms with van der Waals surface area (Å²) in [7, 11) is 0. The van der Waals surface area contributed by atoms with E-state index >= 15 is 0 Å². The maximum absolute atomic E-state index is 6.23. The molecule has 2 heterocycles. The minimum Gasteiger partial charge on any atom is -0.377 e. The first kappa shape index (κ1) is 15.0. The molecule has 0 unspecified atom stereocenters. The fraction of sp³-hybridized carbons (Fsp3) is 0.400. The van der Waals surface area contributed by atoms with Crippen LogP contribution in [-0.4, -0.2) is 6.61 Å². The van der Waals surface area contributed by atoms with Gasteiger partial charge in [0, 0.05) is 28.8 Å². The quantitative estimate of drug-likeness (QED) is 0.737. The van der Waals surface area contributed by atoms with Crippen LogP contribution in [0.25, 0.3) is 0 Å². The number of benzene rings is 2. The number of fused-ring (bicyclic) bond motifs is 3. The summed E-state index contributed by atoms with van der Waals surface area (Å²) in [6.45, 7) is 5.21. The Labute approximate surface area is 142 Å². The minimum atomic E-state index is 0.194. The average molecular weight is 328 g/mol. The third kappa shape index (κ3) is 2.64. The van der Waals surface area contributed by atoms with Crippen molar-refractivity contribution in [2.45, 2.75) is 38.8 Å². The van der Waals surface area contributed by atoms with Crippen LogP contribution in [0.4, 0.5) is 5.69 Å². The molecular formula is C20H22ClNO. The van der Waals surface area contributed by atoms with Crippen LogP contribution >= 0.6 is 11.6 Å². The standard InChI is InChI=1S/C20H22ClNO/c1-12-10-13(2)18-17(11-12)20-16(4-3-9-23-20)19(22-18)14-5-7-15(21)8-6-14/h5-8,10-11,16,19-20,22H,3-4,9H2,1-2H3/t16-,19+,20-/m0/s1. The summed E-state index contributed by atoms with van der Waals surface area (Å²) in [5.74, 6) is 0.471. The summed E-state index contributed by atoms with van der Waals surface area (Å²) >= 11 is 6.07. The predicted molar refractivity (Wildman–Crippen MR) is 95.1 cm³/mol. The number of rotatable bonds is 1. The first-order chi connectivity index (χ1) is 11.1. The van der Waals surface area contributed by atoms with Crippen molar-refractivity contribution in [2.75, 3.05) is 11.9 Å². The van der Waals surface area contributed by atoms with Gasteiger partial charge in [-0.25, -0.2) is 0 Å². The molecule has 0 aliphatic carbocycles. The number of anilines is 1. The zero-order valence-corrected chi connectivity index (χ0v) is 14.4. The number of hydrogen-bond acceptors (Lipinski definition) is 2. The topological polar surface area (TPSA) is 21.3 Å². The van der Waals surface area contributed by atoms with E-state index in [0.29, 0.717) is 5.92 Å². The largest absolute Gasteiger partial charge is 0.377 e. The fourth-order valence-corrected chi connectivity index (χ4v) is 4.28. The number of aryl methyl sites for hydroxylation is 2. The Kier molecular flexibility index (Phi) is 3.82. The van der Waals surface area contributed by atoms with Gasteiger partial charge in [0.05, 0.1) is 12.1 Å². The van der Waals surface area contributed by atoms with E-state index < -0.39 is 0 Å². The van der Waals surface area contributed by atoms with E-state index in [1.54, 1.807) is 0 Å². The molecule has 23 heavy (non-hydrogen) atoms. The Morgan fingerprint density at radius 1 is 1.13 bits per heavy atom. The van der Waals surface area contributed by atoms with Gasteiger partial charge >= 0.3 is 0 Å². The molecule has 2 aliphatic rings. The van der Waals surface area contributed by atoms with Gasteiger partial charge < -0.3 is 10.1 Å². The molecule has 0 amide bonds. The van der Waals surface area contributed by atoms with Gasteiger partial charge in [0.1, 0.15) is 0 Å². The van der Waals surface area contributed by atoms with Crippen LogP contribution in [0, 0.1) is 19.8 Å². The molecule has 3 heteroatoms. The van der Waals surface area contributed by atoms with Gasteiger partial charge in [-0.1, -0.05) is 41.4 Å². The van der Waals surface area contributed by atoms with Gasteiger partial charge in [0.15, 0.2) is 0 Å². The van der Waals surface area contributed by atoms with Crippen molar-refractivity contribution < 1.29 is 4.74 Å². The summed E-state index contributed by atoms with van der Waals surface area (Å²) in [6.07, 6.45) is 2.52. The molecule has 1 N–H and O–H groups in total. The van der Waals surface area contributed by atoms with Crippen LogP contribution in [0.3, 0.4) is 0 Å². The Bertz CT molecular complexity index is 725. The zero-order valence-electron chi connectivity index (χ0n) is 13.6. The van der Waals surface area contributed by atoms with Crippen molar-refractivity contribution in [1.82, 2.24) is 0 Å². The third-order valence-corrected chi connectivity index (χ3v) is 5.39. The summed E-state index contributed by atoms with van der Waals surface area (Å²) in [4.78, 5) is 0. The second-order valence-corrected chi connectivity index (χ2v) is 7.25. The highest BCUT2D eigenvalue weighted by atomic mass is 35.5. The molecule has 2 aromatic rings. The zero-order chi connectivity index (χ0) is 16.0. The monoisotopic (exact) mass is 327 g/mol. The Hall–Kier alpha value is -1.51. The Balaban J connectivity index is 1.81. The molecule has 0 radical (unpaired) electrons. The minimum absolute atomic E-state index is 0.194. The Morgan fingerprint density at radius 2 is 1.91 bits per heavy atom. The smallest absolute Gasteiger partial charge is 0.0896 e. The number of nitrogens with one attached hydrogen (secondary N) is 1. The molecule has 4 rings (SSSR count). The highest BCUT2D eigenvalue weighted by Gasteiger charge is 2.40. The van der Waals surface area contributed by atoms with E-state index in [4.69, 9.17) is 16.3 Å². The summed E-state index contributed by atoms with van der Waals surface area (Å²) in [5, 5.41) is 4.59. The van der Waals surface area contributed by atoms with E-state index in [-0.39, 0.29) is 12.1 Å². The second-order valence-electron chi connectivity index (χ2n) is 6.82. The molecular weight excluding hydrogens is 306 g/mol. The van der Waals surface area contributed by atoms with Crippen molar-refractivity contribution in [3.05, 3.63) is 63.7 Å². The Morgan fingerprint density at radius 3 is 2.70 bits per heavy atom. The molecule has 1 saturated heterocycles. The van der Waals surface area contributed by atoms with E-state index in [9.17, 15) is 0 Å². The highest BCUT2D eigenvalue weighted by molar-refractivity contribution is 6.30. The summed E-state index contributed by atoms with van der Waals surface area (Å²) < 4.78 is 6.23. The van der Waals surface area contributed by atoms with Crippen LogP contribution in [0.1, 0.15) is 47.2 Å². The van der Waals surface area contributed by atoms with Crippen molar-refractivity contribution in [1.29, 1.82) is 0 Å². The summed E-state index contributed by atoms with van der Waals surface area (Å²) in [6, 6.07) is 13.1. The first-order valence-corrected chi connectivity index (χ1v) is 8.76. The molecule has 2 aromatic carbocycles. The van der Waals surface area contributed by atoms with Gasteiger partial charge in [0.25, 0.3) is 0 Å². The lowest BCUT2D eigenvalue weighted by Gasteiger charge is -2.44. The van der Waals surface area contributed by atoms with Crippen LogP contribution in [0.2, 0.25) is 5.02 Å². The van der Waals surface area contributed by atoms with Crippen molar-refractivity contribution in [3.63, 3.8) is 0 Å². The predicted octanol–water partition coefficient (Wildman–Crippen LogP) is 5.59. The van der Waals surface area contributed by atoms with Gasteiger partial charge in [-0.2, -0.15) is 0 Å². The lowest BCUT2D eigenvalue weighted by molar-refractivity contribution is -0.0382. The van der Waals surface area contributed by atoms with Gasteiger partial charge in [0.2, 0.25) is 0 Å². The second kappa shape index (κ2) is 5.85. The number of hydrogen-bond donors (Lipinski definition) is 1. The first-order valence-electron chi connectivity index (χ1n) is 8.38. The van der Waals surface area contributed by atoms with E-state index in [2.05, 4.69) is 43.4 Å². The van der Waals surface area contributed by atoms with E-state index in [1.165, 1.54) is 34.4 Å². The normalized spacial score (nSPS) is 26.1. The van der Waals surface area contributed by atoms with E-state index in [1.807, 2.05) is 12.1 Å². The van der Waals surface area contributed by atoms with Gasteiger partial charge in [-0.15, -0.1) is 0 Å². The summed E-state index contributed by atoms with van der Waals surface area (Å²) in [5.41, 5.74) is 6.48. The molecule has 2 aliphatic heterocycles. The lowest BCUT2D eigenvalue weighted by atomic mass is 9.76. The molecule has 0 bridgehead atoms. The van der Waals surface area contributed by atoms with Crippen LogP contribution in [0.15, 0.2) is 36.4 Å². The molecule has 0 aromatic heterocycles. The molecule has 2 nitrogen and oxygen atoms in total. The molecule has 0 spiro atoms. The third-order valence-electron chi connectivity index (χ3n) is 5.14. The molecule has 0 saturated carbocycles. The van der Waals surface area contributed by atoms with Crippen LogP contribution in [-0.2, 0) is 4.74 Å². The van der Waals surface area contributed by atoms with Crippen molar-refractivity contribution >= 4 is 17.3 Å². The van der Waals surface area contributed by atoms with Crippen molar-refractivity contribution in [3.8, 4) is 0 Å². The molecule has 120 valence electrons. The molecule has 3 atom stereocenters. The average Bonchev–Trinajstić information content (AvgIpc) is 2.55.